The molecule has 25 heavy (non-hydrogen) atoms. The molecule has 0 radical (unpaired) electrons. The summed E-state index contributed by atoms with van der Waals surface area (Å²) in [6.45, 7) is 3.71. The Morgan fingerprint density at radius 1 is 1.24 bits per heavy atom. The van der Waals surface area contributed by atoms with Crippen molar-refractivity contribution in [2.45, 2.75) is 19.9 Å². The molecule has 0 saturated carbocycles. The summed E-state index contributed by atoms with van der Waals surface area (Å²) in [4.78, 5) is 12.6. The summed E-state index contributed by atoms with van der Waals surface area (Å²) < 4.78 is 0.813. The van der Waals surface area contributed by atoms with Crippen LogP contribution >= 0.6 is 0 Å². The van der Waals surface area contributed by atoms with Crippen LogP contribution in [-0.2, 0) is 0 Å². The summed E-state index contributed by atoms with van der Waals surface area (Å²) in [7, 11) is 0. The first kappa shape index (κ1) is 16.5. The van der Waals surface area contributed by atoms with Crippen LogP contribution in [0.1, 0.15) is 40.0 Å². The first-order valence-electron chi connectivity index (χ1n) is 7.93. The molecule has 5 nitrogen and oxygen atoms in total. The topological polar surface area (TPSA) is 79.8 Å². The first-order chi connectivity index (χ1) is 12.0. The van der Waals surface area contributed by atoms with Crippen molar-refractivity contribution in [3.63, 3.8) is 0 Å². The highest BCUT2D eigenvalue weighted by atomic mass is 16.5. The smallest absolute Gasteiger partial charge is 0.252 e. The number of nitrogens with zero attached hydrogens (tertiary/aromatic N) is 2. The maximum atomic E-state index is 12.6. The predicted octanol–water partition coefficient (Wildman–Crippen LogP) is 3.14. The van der Waals surface area contributed by atoms with Gasteiger partial charge >= 0.3 is 0 Å². The van der Waals surface area contributed by atoms with E-state index in [1.807, 2.05) is 32.0 Å². The first-order valence-corrected chi connectivity index (χ1v) is 7.93. The normalized spacial score (nSPS) is 11.7. The molecule has 1 heterocycles. The quantitative estimate of drug-likeness (QED) is 0.591. The number of nitrogens with one attached hydrogen (secondary N) is 1. The number of carbonyl (C=O) groups excluding carboxylic acids is 1. The molecular weight excluding hydrogens is 314 g/mol. The summed E-state index contributed by atoms with van der Waals surface area (Å²) >= 11 is 0. The average Bonchev–Trinajstić information content (AvgIpc) is 2.62. The van der Waals surface area contributed by atoms with Gasteiger partial charge in [-0.05, 0) is 43.2 Å². The Morgan fingerprint density at radius 2 is 2.00 bits per heavy atom. The van der Waals surface area contributed by atoms with Crippen LogP contribution in [0.2, 0.25) is 0 Å². The molecule has 3 rings (SSSR count). The summed E-state index contributed by atoms with van der Waals surface area (Å²) in [6.07, 6.45) is 1.45. The van der Waals surface area contributed by atoms with E-state index in [1.54, 1.807) is 36.4 Å². The zero-order chi connectivity index (χ0) is 18.0. The predicted molar refractivity (Wildman–Crippen MR) is 94.7 cm³/mol. The molecule has 1 atom stereocenters. The molecule has 2 aromatic carbocycles. The third kappa shape index (κ3) is 3.15. The van der Waals surface area contributed by atoms with Gasteiger partial charge in [0.15, 0.2) is 6.20 Å². The third-order valence-corrected chi connectivity index (χ3v) is 4.27. The zero-order valence-corrected chi connectivity index (χ0v) is 14.0. The van der Waals surface area contributed by atoms with E-state index in [2.05, 4.69) is 5.32 Å². The van der Waals surface area contributed by atoms with Gasteiger partial charge in [-0.2, -0.15) is 9.99 Å². The lowest BCUT2D eigenvalue weighted by molar-refractivity contribution is -0.577. The van der Waals surface area contributed by atoms with Crippen LogP contribution in [0, 0.1) is 23.5 Å². The van der Waals surface area contributed by atoms with E-state index >= 15 is 0 Å². The molecule has 0 bridgehead atoms. The standard InChI is InChI=1S/C20H17N3O2/c1-13-7-8-15(12-21)11-18(13)20(24)22-14(2)16-9-10-23(25)19-6-4-3-5-17(16)19/h3-11,14H,1-2H3,(H,22,24). The summed E-state index contributed by atoms with van der Waals surface area (Å²) in [5.74, 6) is -0.245. The third-order valence-electron chi connectivity index (χ3n) is 4.27. The molecule has 1 aromatic heterocycles. The van der Waals surface area contributed by atoms with E-state index in [4.69, 9.17) is 5.26 Å². The van der Waals surface area contributed by atoms with Gasteiger partial charge in [0.25, 0.3) is 5.91 Å². The summed E-state index contributed by atoms with van der Waals surface area (Å²) in [5, 5.41) is 24.7. The lowest BCUT2D eigenvalue weighted by Crippen LogP contribution is -2.30. The summed E-state index contributed by atoms with van der Waals surface area (Å²) in [6, 6.07) is 15.8. The number of aryl methyl sites for hydroxylation is 1. The Bertz CT molecular complexity index is 1010. The lowest BCUT2D eigenvalue weighted by atomic mass is 10.0. The van der Waals surface area contributed by atoms with E-state index in [-0.39, 0.29) is 11.9 Å². The molecule has 5 heteroatoms. The number of fused-ring (bicyclic) bond motifs is 1. The van der Waals surface area contributed by atoms with Crippen LogP contribution in [0.15, 0.2) is 54.7 Å². The van der Waals surface area contributed by atoms with Crippen molar-refractivity contribution in [1.29, 1.82) is 5.26 Å². The Labute approximate surface area is 145 Å². The van der Waals surface area contributed by atoms with Crippen molar-refractivity contribution in [2.24, 2.45) is 0 Å². The van der Waals surface area contributed by atoms with Crippen LogP contribution in [0.3, 0.4) is 0 Å². The van der Waals surface area contributed by atoms with Crippen LogP contribution < -0.4 is 10.0 Å². The van der Waals surface area contributed by atoms with Crippen LogP contribution in [0.25, 0.3) is 10.9 Å². The number of aromatic nitrogens is 1. The molecule has 3 aromatic rings. The van der Waals surface area contributed by atoms with Crippen molar-refractivity contribution < 1.29 is 9.52 Å². The molecule has 0 aliphatic heterocycles. The minimum absolute atomic E-state index is 0.245. The Kier molecular flexibility index (Phi) is 4.36. The number of para-hydroxylation sites is 1. The molecule has 0 fully saturated rings. The maximum Gasteiger partial charge on any atom is 0.252 e. The van der Waals surface area contributed by atoms with E-state index in [0.717, 1.165) is 21.2 Å². The zero-order valence-electron chi connectivity index (χ0n) is 14.0. The van der Waals surface area contributed by atoms with Gasteiger partial charge < -0.3 is 10.5 Å². The van der Waals surface area contributed by atoms with Gasteiger partial charge in [-0.15, -0.1) is 0 Å². The second-order valence-electron chi connectivity index (χ2n) is 5.95. The van der Waals surface area contributed by atoms with Crippen LogP contribution in [0.5, 0.6) is 0 Å². The van der Waals surface area contributed by atoms with Crippen molar-refractivity contribution in [3.05, 3.63) is 82.2 Å². The van der Waals surface area contributed by atoms with E-state index in [1.165, 1.54) is 6.20 Å². The molecule has 124 valence electrons. The monoisotopic (exact) mass is 331 g/mol. The molecule has 0 aliphatic rings. The van der Waals surface area contributed by atoms with E-state index in [0.29, 0.717) is 16.6 Å². The molecule has 1 unspecified atom stereocenters. The molecule has 1 N–H and O–H groups in total. The number of amides is 1. The van der Waals surface area contributed by atoms with Crippen molar-refractivity contribution in [1.82, 2.24) is 5.32 Å². The van der Waals surface area contributed by atoms with Crippen molar-refractivity contribution in [2.75, 3.05) is 0 Å². The summed E-state index contributed by atoms with van der Waals surface area (Å²) in [5.41, 5.74) is 3.15. The van der Waals surface area contributed by atoms with Gasteiger partial charge in [0.2, 0.25) is 5.52 Å². The second-order valence-corrected chi connectivity index (χ2v) is 5.95. The minimum Gasteiger partial charge on any atom is -0.618 e. The maximum absolute atomic E-state index is 12.6. The Balaban J connectivity index is 1.93. The highest BCUT2D eigenvalue weighted by molar-refractivity contribution is 5.96. The average molecular weight is 331 g/mol. The number of nitriles is 1. The fourth-order valence-electron chi connectivity index (χ4n) is 2.89. The Hall–Kier alpha value is -3.39. The number of benzene rings is 2. The Morgan fingerprint density at radius 3 is 2.76 bits per heavy atom. The van der Waals surface area contributed by atoms with Gasteiger partial charge in [0.1, 0.15) is 0 Å². The molecular formula is C20H17N3O2. The van der Waals surface area contributed by atoms with Crippen LogP contribution in [-0.4, -0.2) is 5.91 Å². The second kappa shape index (κ2) is 6.62. The van der Waals surface area contributed by atoms with Gasteiger partial charge in [-0.25, -0.2) is 0 Å². The fourth-order valence-corrected chi connectivity index (χ4v) is 2.89. The number of rotatable bonds is 3. The fraction of sp³-hybridized carbons (Fsp3) is 0.150. The molecule has 0 saturated heterocycles. The minimum atomic E-state index is -0.288. The molecule has 0 spiro atoms. The van der Waals surface area contributed by atoms with Gasteiger partial charge in [0, 0.05) is 17.7 Å². The number of hydrogen-bond donors (Lipinski definition) is 1. The van der Waals surface area contributed by atoms with E-state index in [9.17, 15) is 10.0 Å². The van der Waals surface area contributed by atoms with Gasteiger partial charge in [-0.1, -0.05) is 18.2 Å². The number of pyridine rings is 1. The molecule has 1 amide bonds. The largest absolute Gasteiger partial charge is 0.618 e. The van der Waals surface area contributed by atoms with Gasteiger partial charge in [-0.3, -0.25) is 4.79 Å². The SMILES string of the molecule is Cc1ccc(C#N)cc1C(=O)NC(C)c1cc[n+]([O-])c2ccccc12. The highest BCUT2D eigenvalue weighted by Crippen LogP contribution is 2.22. The molecule has 0 aliphatic carbocycles. The van der Waals surface area contributed by atoms with E-state index < -0.39 is 0 Å². The number of hydrogen-bond acceptors (Lipinski definition) is 3. The number of carbonyl (C=O) groups is 1. The van der Waals surface area contributed by atoms with Gasteiger partial charge in [0.05, 0.1) is 23.1 Å². The van der Waals surface area contributed by atoms with Crippen molar-refractivity contribution >= 4 is 16.8 Å². The highest BCUT2D eigenvalue weighted by Gasteiger charge is 2.18. The van der Waals surface area contributed by atoms with Crippen LogP contribution in [0.4, 0.5) is 0 Å². The van der Waals surface area contributed by atoms with Crippen molar-refractivity contribution in [3.8, 4) is 6.07 Å². The lowest BCUT2D eigenvalue weighted by Gasteiger charge is -2.17.